The first kappa shape index (κ1) is 22.9. The number of halogens is 1. The van der Waals surface area contributed by atoms with E-state index in [0.717, 1.165) is 53.7 Å². The lowest BCUT2D eigenvalue weighted by Crippen LogP contribution is -2.37. The molecule has 29 heavy (non-hydrogen) atoms. The summed E-state index contributed by atoms with van der Waals surface area (Å²) in [4.78, 5) is 13.2. The number of imidazole rings is 1. The Morgan fingerprint density at radius 3 is 2.72 bits per heavy atom. The van der Waals surface area contributed by atoms with Crippen molar-refractivity contribution < 1.29 is 4.52 Å². The first-order valence-electron chi connectivity index (χ1n) is 9.66. The summed E-state index contributed by atoms with van der Waals surface area (Å²) in [5.74, 6) is 2.51. The highest BCUT2D eigenvalue weighted by Crippen LogP contribution is 2.15. The number of nitrogens with one attached hydrogen (secondary N) is 2. The smallest absolute Gasteiger partial charge is 0.191 e. The SMILES string of the molecule is CCNC(=NCc1ccnc(-n2ccnc2)c1)NCc1c(CC)noc1CC.I. The molecule has 0 aromatic carbocycles. The van der Waals surface area contributed by atoms with Crippen LogP contribution in [0, 0.1) is 0 Å². The van der Waals surface area contributed by atoms with Crippen molar-refractivity contribution in [2.45, 2.75) is 46.7 Å². The predicted octanol–water partition coefficient (Wildman–Crippen LogP) is 3.25. The van der Waals surface area contributed by atoms with Crippen LogP contribution in [0.2, 0.25) is 0 Å². The number of pyridine rings is 1. The zero-order chi connectivity index (χ0) is 19.8. The highest BCUT2D eigenvalue weighted by molar-refractivity contribution is 14.0. The van der Waals surface area contributed by atoms with Crippen molar-refractivity contribution >= 4 is 29.9 Å². The van der Waals surface area contributed by atoms with Crippen molar-refractivity contribution in [2.75, 3.05) is 6.54 Å². The number of hydrogen-bond acceptors (Lipinski definition) is 5. The van der Waals surface area contributed by atoms with E-state index in [-0.39, 0.29) is 24.0 Å². The Balaban J connectivity index is 0.00000300. The van der Waals surface area contributed by atoms with Gasteiger partial charge in [0.15, 0.2) is 5.96 Å². The van der Waals surface area contributed by atoms with Gasteiger partial charge >= 0.3 is 0 Å². The Bertz CT molecular complexity index is 884. The lowest BCUT2D eigenvalue weighted by atomic mass is 10.1. The molecule has 0 saturated heterocycles. The normalized spacial score (nSPS) is 11.2. The van der Waals surface area contributed by atoms with Gasteiger partial charge < -0.3 is 15.2 Å². The van der Waals surface area contributed by atoms with E-state index >= 15 is 0 Å². The molecule has 0 atom stereocenters. The topological polar surface area (TPSA) is 93.2 Å². The molecule has 0 aliphatic heterocycles. The van der Waals surface area contributed by atoms with Gasteiger partial charge in [0, 0.05) is 43.7 Å². The molecule has 0 fully saturated rings. The van der Waals surface area contributed by atoms with Gasteiger partial charge in [0.1, 0.15) is 17.9 Å². The van der Waals surface area contributed by atoms with Crippen LogP contribution in [0.5, 0.6) is 0 Å². The van der Waals surface area contributed by atoms with Gasteiger partial charge in [-0.05, 0) is 31.0 Å². The quantitative estimate of drug-likeness (QED) is 0.275. The minimum Gasteiger partial charge on any atom is -0.361 e. The van der Waals surface area contributed by atoms with Crippen LogP contribution in [0.15, 0.2) is 46.6 Å². The van der Waals surface area contributed by atoms with E-state index in [2.05, 4.69) is 46.5 Å². The predicted molar refractivity (Wildman–Crippen MR) is 124 cm³/mol. The second-order valence-electron chi connectivity index (χ2n) is 6.28. The van der Waals surface area contributed by atoms with Crippen LogP contribution in [0.4, 0.5) is 0 Å². The van der Waals surface area contributed by atoms with Gasteiger partial charge in [-0.2, -0.15) is 0 Å². The van der Waals surface area contributed by atoms with Gasteiger partial charge in [-0.3, -0.25) is 4.57 Å². The van der Waals surface area contributed by atoms with Gasteiger partial charge in [-0.25, -0.2) is 15.0 Å². The van der Waals surface area contributed by atoms with E-state index in [1.54, 1.807) is 18.7 Å². The molecule has 3 aromatic rings. The van der Waals surface area contributed by atoms with Crippen LogP contribution >= 0.6 is 24.0 Å². The second-order valence-corrected chi connectivity index (χ2v) is 6.28. The molecular formula is C20H28IN7O. The molecule has 3 aromatic heterocycles. The standard InChI is InChI=1S/C20H27N7O.HI/c1-4-17-16(18(5-2)28-26-17)13-25-20(22-6-3)24-12-15-7-8-23-19(11-15)27-10-9-21-14-27;/h7-11,14H,4-6,12-13H2,1-3H3,(H2,22,24,25);1H. The summed E-state index contributed by atoms with van der Waals surface area (Å²) < 4.78 is 7.32. The van der Waals surface area contributed by atoms with Crippen LogP contribution in [0.1, 0.15) is 43.4 Å². The third-order valence-corrected chi connectivity index (χ3v) is 4.38. The first-order chi connectivity index (χ1) is 13.7. The van der Waals surface area contributed by atoms with Crippen LogP contribution < -0.4 is 10.6 Å². The summed E-state index contributed by atoms with van der Waals surface area (Å²) in [5.41, 5.74) is 3.20. The van der Waals surface area contributed by atoms with Crippen molar-refractivity contribution in [3.63, 3.8) is 0 Å². The zero-order valence-electron chi connectivity index (χ0n) is 17.1. The van der Waals surface area contributed by atoms with Crippen molar-refractivity contribution in [1.29, 1.82) is 0 Å². The maximum atomic E-state index is 5.44. The Morgan fingerprint density at radius 2 is 2.03 bits per heavy atom. The highest BCUT2D eigenvalue weighted by atomic mass is 127. The van der Waals surface area contributed by atoms with E-state index in [4.69, 9.17) is 9.52 Å². The highest BCUT2D eigenvalue weighted by Gasteiger charge is 2.13. The Hall–Kier alpha value is -2.43. The van der Waals surface area contributed by atoms with Crippen molar-refractivity contribution in [2.24, 2.45) is 4.99 Å². The van der Waals surface area contributed by atoms with Crippen molar-refractivity contribution in [3.8, 4) is 5.82 Å². The largest absolute Gasteiger partial charge is 0.361 e. The van der Waals surface area contributed by atoms with Gasteiger partial charge in [-0.1, -0.05) is 19.0 Å². The Morgan fingerprint density at radius 1 is 1.17 bits per heavy atom. The van der Waals surface area contributed by atoms with Crippen LogP contribution in [0.3, 0.4) is 0 Å². The van der Waals surface area contributed by atoms with E-state index in [9.17, 15) is 0 Å². The zero-order valence-corrected chi connectivity index (χ0v) is 19.4. The number of aliphatic imine (C=N–C) groups is 1. The van der Waals surface area contributed by atoms with Gasteiger partial charge in [0.25, 0.3) is 0 Å². The fourth-order valence-electron chi connectivity index (χ4n) is 2.92. The number of hydrogen-bond donors (Lipinski definition) is 2. The number of aryl methyl sites for hydroxylation is 2. The maximum absolute atomic E-state index is 5.44. The summed E-state index contributed by atoms with van der Waals surface area (Å²) in [5, 5.41) is 10.8. The molecule has 0 aliphatic rings. The van der Waals surface area contributed by atoms with Crippen LogP contribution in [0.25, 0.3) is 5.82 Å². The van der Waals surface area contributed by atoms with Crippen molar-refractivity contribution in [3.05, 3.63) is 59.6 Å². The Kier molecular flexibility index (Phi) is 9.10. The molecule has 0 radical (unpaired) electrons. The minimum absolute atomic E-state index is 0. The molecule has 3 rings (SSSR count). The molecule has 9 heteroatoms. The number of nitrogens with zero attached hydrogens (tertiary/aromatic N) is 5. The third kappa shape index (κ3) is 6.02. The van der Waals surface area contributed by atoms with E-state index < -0.39 is 0 Å². The number of aromatic nitrogens is 4. The molecule has 0 saturated carbocycles. The van der Waals surface area contributed by atoms with E-state index in [0.29, 0.717) is 13.1 Å². The summed E-state index contributed by atoms with van der Waals surface area (Å²) in [7, 11) is 0. The monoisotopic (exact) mass is 509 g/mol. The first-order valence-corrected chi connectivity index (χ1v) is 9.66. The lowest BCUT2D eigenvalue weighted by Gasteiger charge is -2.12. The molecule has 8 nitrogen and oxygen atoms in total. The molecule has 0 aliphatic carbocycles. The van der Waals surface area contributed by atoms with Crippen LogP contribution in [-0.2, 0) is 25.9 Å². The summed E-state index contributed by atoms with van der Waals surface area (Å²) in [6, 6.07) is 3.98. The Labute approximate surface area is 188 Å². The molecule has 0 unspecified atom stereocenters. The van der Waals surface area contributed by atoms with Gasteiger partial charge in [0.05, 0.1) is 12.2 Å². The molecule has 0 bridgehead atoms. The fraction of sp³-hybridized carbons (Fsp3) is 0.400. The number of guanidine groups is 1. The van der Waals surface area contributed by atoms with E-state index in [1.165, 1.54) is 0 Å². The second kappa shape index (κ2) is 11.5. The molecule has 0 spiro atoms. The lowest BCUT2D eigenvalue weighted by molar-refractivity contribution is 0.380. The summed E-state index contributed by atoms with van der Waals surface area (Å²) >= 11 is 0. The number of rotatable bonds is 8. The molecule has 2 N–H and O–H groups in total. The average Bonchev–Trinajstić information content (AvgIpc) is 3.39. The van der Waals surface area contributed by atoms with E-state index in [1.807, 2.05) is 22.9 Å². The van der Waals surface area contributed by atoms with Gasteiger partial charge in [-0.15, -0.1) is 24.0 Å². The third-order valence-electron chi connectivity index (χ3n) is 4.38. The maximum Gasteiger partial charge on any atom is 0.191 e. The molecule has 0 amide bonds. The summed E-state index contributed by atoms with van der Waals surface area (Å²) in [6.07, 6.45) is 8.80. The molecular weight excluding hydrogens is 481 g/mol. The van der Waals surface area contributed by atoms with Crippen molar-refractivity contribution in [1.82, 2.24) is 30.3 Å². The summed E-state index contributed by atoms with van der Waals surface area (Å²) in [6.45, 7) is 8.18. The molecule has 156 valence electrons. The fourth-order valence-corrected chi connectivity index (χ4v) is 2.92. The minimum atomic E-state index is 0. The molecule has 3 heterocycles. The van der Waals surface area contributed by atoms with Gasteiger partial charge in [0.2, 0.25) is 0 Å². The van der Waals surface area contributed by atoms with Crippen LogP contribution in [-0.4, -0.2) is 32.2 Å². The average molecular weight is 509 g/mol.